The molecule has 0 aromatic carbocycles. The summed E-state index contributed by atoms with van der Waals surface area (Å²) in [6.07, 6.45) is 6.57. The third-order valence-corrected chi connectivity index (χ3v) is 2.75. The topological polar surface area (TPSA) is 21.1 Å². The van der Waals surface area contributed by atoms with Crippen molar-refractivity contribution in [2.75, 3.05) is 18.4 Å². The number of unbranched alkanes of at least 4 members (excludes halogenated alkanes) is 1. The van der Waals surface area contributed by atoms with Gasteiger partial charge >= 0.3 is 0 Å². The van der Waals surface area contributed by atoms with Gasteiger partial charge in [0.05, 0.1) is 6.20 Å². The maximum absolute atomic E-state index is 4.19. The van der Waals surface area contributed by atoms with E-state index in [0.29, 0.717) is 0 Å². The van der Waals surface area contributed by atoms with Crippen molar-refractivity contribution in [2.45, 2.75) is 26.3 Å². The van der Waals surface area contributed by atoms with Crippen LogP contribution >= 0.6 is 15.9 Å². The van der Waals surface area contributed by atoms with Gasteiger partial charge in [0.15, 0.2) is 0 Å². The predicted molar refractivity (Wildman–Crippen MR) is 67.2 cm³/mol. The summed E-state index contributed by atoms with van der Waals surface area (Å²) in [7, 11) is 1.96. The summed E-state index contributed by atoms with van der Waals surface area (Å²) in [5.74, 6) is 0. The Morgan fingerprint density at radius 1 is 1.47 bits per heavy atom. The van der Waals surface area contributed by atoms with Crippen LogP contribution in [0.15, 0.2) is 12.4 Å². The van der Waals surface area contributed by atoms with Gasteiger partial charge in [0, 0.05) is 37.2 Å². The molecule has 0 atom stereocenters. The molecule has 0 spiro atoms. The first-order valence-electron chi connectivity index (χ1n) is 5.52. The molecule has 15 heavy (non-hydrogen) atoms. The number of hydrogen-bond acceptors (Lipinski definition) is 2. The van der Waals surface area contributed by atoms with E-state index in [4.69, 9.17) is 0 Å². The third kappa shape index (κ3) is 4.80. The number of aryl methyl sites for hydroxylation is 1. The van der Waals surface area contributed by atoms with Crippen LogP contribution in [0, 0.1) is 0 Å². The number of halogens is 1. The van der Waals surface area contributed by atoms with Gasteiger partial charge in [0.25, 0.3) is 0 Å². The lowest BCUT2D eigenvalue weighted by molar-refractivity contribution is 0.278. The van der Waals surface area contributed by atoms with Crippen LogP contribution in [0.5, 0.6) is 0 Å². The van der Waals surface area contributed by atoms with Crippen molar-refractivity contribution in [3.05, 3.63) is 18.0 Å². The van der Waals surface area contributed by atoms with E-state index >= 15 is 0 Å². The lowest BCUT2D eigenvalue weighted by Crippen LogP contribution is -2.26. The Morgan fingerprint density at radius 3 is 2.80 bits per heavy atom. The molecule has 0 aliphatic heterocycles. The van der Waals surface area contributed by atoms with E-state index < -0.39 is 0 Å². The fourth-order valence-corrected chi connectivity index (χ4v) is 2.08. The molecule has 3 nitrogen and oxygen atoms in total. The summed E-state index contributed by atoms with van der Waals surface area (Å²) in [4.78, 5) is 2.47. The highest BCUT2D eigenvalue weighted by Crippen LogP contribution is 2.05. The zero-order chi connectivity index (χ0) is 11.1. The molecule has 0 saturated carbocycles. The predicted octanol–water partition coefficient (Wildman–Crippen LogP) is 2.42. The summed E-state index contributed by atoms with van der Waals surface area (Å²) in [5.41, 5.74) is 1.30. The summed E-state index contributed by atoms with van der Waals surface area (Å²) in [6.45, 7) is 5.53. The van der Waals surface area contributed by atoms with E-state index in [2.05, 4.69) is 39.0 Å². The molecule has 4 heteroatoms. The normalized spacial score (nSPS) is 11.2. The summed E-state index contributed by atoms with van der Waals surface area (Å²) in [5, 5.41) is 5.23. The largest absolute Gasteiger partial charge is 0.298 e. The minimum absolute atomic E-state index is 1.01. The van der Waals surface area contributed by atoms with E-state index in [9.17, 15) is 0 Å². The number of rotatable bonds is 7. The third-order valence-electron chi connectivity index (χ3n) is 2.39. The van der Waals surface area contributed by atoms with Gasteiger partial charge in [0.2, 0.25) is 0 Å². The van der Waals surface area contributed by atoms with Crippen molar-refractivity contribution >= 4 is 15.9 Å². The van der Waals surface area contributed by atoms with Crippen LogP contribution < -0.4 is 0 Å². The van der Waals surface area contributed by atoms with E-state index in [1.165, 1.54) is 24.9 Å². The first kappa shape index (κ1) is 12.7. The quantitative estimate of drug-likeness (QED) is 0.712. The van der Waals surface area contributed by atoms with Crippen molar-refractivity contribution in [3.8, 4) is 0 Å². The van der Waals surface area contributed by atoms with Crippen LogP contribution in [0.1, 0.15) is 25.3 Å². The Morgan fingerprint density at radius 2 is 2.27 bits per heavy atom. The molecular formula is C11H20BrN3. The highest BCUT2D eigenvalue weighted by Gasteiger charge is 2.05. The van der Waals surface area contributed by atoms with Crippen LogP contribution in [0.3, 0.4) is 0 Å². The van der Waals surface area contributed by atoms with E-state index in [1.54, 1.807) is 0 Å². The molecule has 0 fully saturated rings. The Kier molecular flexibility index (Phi) is 5.95. The van der Waals surface area contributed by atoms with Crippen molar-refractivity contribution in [3.63, 3.8) is 0 Å². The van der Waals surface area contributed by atoms with Gasteiger partial charge in [-0.1, -0.05) is 29.3 Å². The average Bonchev–Trinajstić information content (AvgIpc) is 2.61. The van der Waals surface area contributed by atoms with E-state index in [-0.39, 0.29) is 0 Å². The van der Waals surface area contributed by atoms with Gasteiger partial charge in [-0.05, 0) is 13.0 Å². The van der Waals surface area contributed by atoms with Crippen molar-refractivity contribution in [1.82, 2.24) is 14.7 Å². The zero-order valence-electron chi connectivity index (χ0n) is 9.62. The fraction of sp³-hybridized carbons (Fsp3) is 0.727. The Balaban J connectivity index is 2.42. The highest BCUT2D eigenvalue weighted by molar-refractivity contribution is 9.09. The molecule has 0 unspecified atom stereocenters. The second-order valence-electron chi connectivity index (χ2n) is 3.84. The Hall–Kier alpha value is -0.350. The molecule has 0 amide bonds. The summed E-state index contributed by atoms with van der Waals surface area (Å²) < 4.78 is 1.86. The number of hydrogen-bond donors (Lipinski definition) is 0. The molecule has 0 N–H and O–H groups in total. The number of alkyl halides is 1. The smallest absolute Gasteiger partial charge is 0.0534 e. The summed E-state index contributed by atoms with van der Waals surface area (Å²) in [6, 6.07) is 0. The lowest BCUT2D eigenvalue weighted by atomic mass is 10.2. The minimum atomic E-state index is 1.01. The minimum Gasteiger partial charge on any atom is -0.298 e. The van der Waals surface area contributed by atoms with Gasteiger partial charge in [0.1, 0.15) is 0 Å². The highest BCUT2D eigenvalue weighted by atomic mass is 79.9. The molecular weight excluding hydrogens is 254 g/mol. The fourth-order valence-electron chi connectivity index (χ4n) is 1.58. The van der Waals surface area contributed by atoms with Gasteiger partial charge in [-0.2, -0.15) is 5.10 Å². The molecule has 0 aliphatic rings. The maximum atomic E-state index is 4.19. The second kappa shape index (κ2) is 7.01. The zero-order valence-corrected chi connectivity index (χ0v) is 11.2. The van der Waals surface area contributed by atoms with Gasteiger partial charge in [-0.25, -0.2) is 0 Å². The number of aromatic nitrogens is 2. The monoisotopic (exact) mass is 273 g/mol. The van der Waals surface area contributed by atoms with Gasteiger partial charge < -0.3 is 0 Å². The Bertz CT molecular complexity index is 273. The molecule has 0 bridgehead atoms. The maximum Gasteiger partial charge on any atom is 0.0534 e. The lowest BCUT2D eigenvalue weighted by Gasteiger charge is -2.19. The van der Waals surface area contributed by atoms with Crippen LogP contribution in [0.2, 0.25) is 0 Å². The SMILES string of the molecule is CCCCN(CCBr)Cc1cnn(C)c1. The van der Waals surface area contributed by atoms with Crippen LogP contribution in [-0.2, 0) is 13.6 Å². The first-order chi connectivity index (χ1) is 7.26. The van der Waals surface area contributed by atoms with E-state index in [1.807, 2.05) is 17.9 Å². The molecule has 1 heterocycles. The Labute approximate surface area is 101 Å². The van der Waals surface area contributed by atoms with Crippen molar-refractivity contribution in [2.24, 2.45) is 7.05 Å². The molecule has 1 aromatic heterocycles. The molecule has 0 saturated heterocycles. The standard InChI is InChI=1S/C11H20BrN3/c1-3-4-6-15(7-5-12)10-11-8-13-14(2)9-11/h8-9H,3-7,10H2,1-2H3. The van der Waals surface area contributed by atoms with Crippen LogP contribution in [0.4, 0.5) is 0 Å². The van der Waals surface area contributed by atoms with Crippen LogP contribution in [-0.4, -0.2) is 33.1 Å². The van der Waals surface area contributed by atoms with E-state index in [0.717, 1.165) is 18.4 Å². The van der Waals surface area contributed by atoms with Crippen LogP contribution in [0.25, 0.3) is 0 Å². The van der Waals surface area contributed by atoms with Crippen molar-refractivity contribution in [1.29, 1.82) is 0 Å². The first-order valence-corrected chi connectivity index (χ1v) is 6.64. The molecule has 86 valence electrons. The average molecular weight is 274 g/mol. The molecule has 0 aliphatic carbocycles. The van der Waals surface area contributed by atoms with Gasteiger partial charge in [-0.15, -0.1) is 0 Å². The van der Waals surface area contributed by atoms with Gasteiger partial charge in [-0.3, -0.25) is 9.58 Å². The number of nitrogens with zero attached hydrogens (tertiary/aromatic N) is 3. The molecule has 1 rings (SSSR count). The molecule has 0 radical (unpaired) electrons. The van der Waals surface area contributed by atoms with Crippen molar-refractivity contribution < 1.29 is 0 Å². The molecule has 1 aromatic rings. The second-order valence-corrected chi connectivity index (χ2v) is 4.63. The summed E-state index contributed by atoms with van der Waals surface area (Å²) >= 11 is 3.50.